The minimum absolute atomic E-state index is 0.0731. The maximum Gasteiger partial charge on any atom is 0.243 e. The second kappa shape index (κ2) is 6.69. The molecule has 108 valence electrons. The van der Waals surface area contributed by atoms with E-state index in [4.69, 9.17) is 9.84 Å². The number of methoxy groups -OCH3 is 1. The lowest BCUT2D eigenvalue weighted by Gasteiger charge is -2.25. The van der Waals surface area contributed by atoms with Gasteiger partial charge in [0.15, 0.2) is 0 Å². The fourth-order valence-corrected chi connectivity index (χ4v) is 4.04. The lowest BCUT2D eigenvalue weighted by atomic mass is 10.3. The Labute approximate surface area is 122 Å². The van der Waals surface area contributed by atoms with Crippen LogP contribution in [0.3, 0.4) is 0 Å². The normalized spacial score (nSPS) is 12.2. The van der Waals surface area contributed by atoms with E-state index in [1.54, 1.807) is 19.9 Å². The van der Waals surface area contributed by atoms with Crippen molar-refractivity contribution in [3.63, 3.8) is 0 Å². The zero-order chi connectivity index (χ0) is 14.6. The Morgan fingerprint density at radius 3 is 2.47 bits per heavy atom. The Morgan fingerprint density at radius 1 is 1.42 bits per heavy atom. The third kappa shape index (κ3) is 3.68. The predicted molar refractivity (Wildman–Crippen MR) is 76.8 cm³/mol. The number of aliphatic hydroxyl groups is 1. The molecule has 0 saturated carbocycles. The summed E-state index contributed by atoms with van der Waals surface area (Å²) in [6.45, 7) is 3.40. The summed E-state index contributed by atoms with van der Waals surface area (Å²) in [6.07, 6.45) is 0. The van der Waals surface area contributed by atoms with Gasteiger partial charge in [0.2, 0.25) is 10.0 Å². The summed E-state index contributed by atoms with van der Waals surface area (Å²) < 4.78 is 31.8. The number of ether oxygens (including phenoxy) is 1. The van der Waals surface area contributed by atoms with Gasteiger partial charge in [-0.25, -0.2) is 8.42 Å². The monoisotopic (exact) mass is 351 g/mol. The molecule has 5 nitrogen and oxygen atoms in total. The number of nitrogens with zero attached hydrogens (tertiary/aromatic N) is 1. The molecule has 0 fully saturated rings. The number of hydrogen-bond acceptors (Lipinski definition) is 4. The summed E-state index contributed by atoms with van der Waals surface area (Å²) >= 11 is 3.27. The van der Waals surface area contributed by atoms with E-state index >= 15 is 0 Å². The van der Waals surface area contributed by atoms with Gasteiger partial charge in [-0.2, -0.15) is 4.31 Å². The molecular weight excluding hydrogens is 334 g/mol. The number of aliphatic hydroxyl groups excluding tert-OH is 1. The standard InChI is InChI=1S/C12H18BrNO4S/c1-9(2)14(6-7-15)19(16,17)10-4-5-12(18-3)11(13)8-10/h4-5,8-9,15H,6-7H2,1-3H3. The van der Waals surface area contributed by atoms with Gasteiger partial charge in [0, 0.05) is 12.6 Å². The van der Waals surface area contributed by atoms with E-state index < -0.39 is 10.0 Å². The first-order valence-electron chi connectivity index (χ1n) is 5.80. The Bertz CT molecular complexity index is 531. The van der Waals surface area contributed by atoms with Crippen LogP contribution in [0.1, 0.15) is 13.8 Å². The van der Waals surface area contributed by atoms with Crippen LogP contribution in [0.5, 0.6) is 5.75 Å². The first-order valence-corrected chi connectivity index (χ1v) is 8.04. The maximum absolute atomic E-state index is 12.5. The zero-order valence-electron chi connectivity index (χ0n) is 11.1. The third-order valence-electron chi connectivity index (χ3n) is 2.63. The van der Waals surface area contributed by atoms with Crippen LogP contribution in [0.4, 0.5) is 0 Å². The molecule has 1 aromatic rings. The van der Waals surface area contributed by atoms with Crippen LogP contribution >= 0.6 is 15.9 Å². The Hall–Kier alpha value is -0.630. The van der Waals surface area contributed by atoms with Gasteiger partial charge < -0.3 is 9.84 Å². The summed E-state index contributed by atoms with van der Waals surface area (Å²) in [7, 11) is -2.11. The van der Waals surface area contributed by atoms with Crippen LogP contribution in [0, 0.1) is 0 Å². The smallest absolute Gasteiger partial charge is 0.243 e. The van der Waals surface area contributed by atoms with Crippen molar-refractivity contribution in [1.82, 2.24) is 4.31 Å². The molecular formula is C12H18BrNO4S. The van der Waals surface area contributed by atoms with Crippen LogP contribution in [0.2, 0.25) is 0 Å². The molecule has 0 aliphatic heterocycles. The van der Waals surface area contributed by atoms with Gasteiger partial charge in [0.1, 0.15) is 5.75 Å². The van der Waals surface area contributed by atoms with Gasteiger partial charge in [-0.3, -0.25) is 0 Å². The van der Waals surface area contributed by atoms with Crippen molar-refractivity contribution in [3.05, 3.63) is 22.7 Å². The van der Waals surface area contributed by atoms with E-state index in [0.29, 0.717) is 10.2 Å². The third-order valence-corrected chi connectivity index (χ3v) is 5.32. The van der Waals surface area contributed by atoms with Gasteiger partial charge in [-0.1, -0.05) is 0 Å². The van der Waals surface area contributed by atoms with E-state index in [1.807, 2.05) is 0 Å². The van der Waals surface area contributed by atoms with Crippen molar-refractivity contribution in [1.29, 1.82) is 0 Å². The number of hydrogen-bond donors (Lipinski definition) is 1. The number of sulfonamides is 1. The van der Waals surface area contributed by atoms with E-state index in [-0.39, 0.29) is 24.1 Å². The minimum Gasteiger partial charge on any atom is -0.496 e. The van der Waals surface area contributed by atoms with Gasteiger partial charge in [-0.05, 0) is 48.0 Å². The predicted octanol–water partition coefficient (Wildman–Crippen LogP) is 1.85. The van der Waals surface area contributed by atoms with Crippen molar-refractivity contribution in [2.24, 2.45) is 0 Å². The Kier molecular flexibility index (Phi) is 5.79. The molecule has 1 N–H and O–H groups in total. The molecule has 0 radical (unpaired) electrons. The fourth-order valence-electron chi connectivity index (χ4n) is 1.70. The van der Waals surface area contributed by atoms with Crippen LogP contribution in [0.15, 0.2) is 27.6 Å². The lowest BCUT2D eigenvalue weighted by molar-refractivity contribution is 0.236. The van der Waals surface area contributed by atoms with Gasteiger partial charge >= 0.3 is 0 Å². The molecule has 0 aliphatic rings. The van der Waals surface area contributed by atoms with E-state index in [9.17, 15) is 8.42 Å². The van der Waals surface area contributed by atoms with Crippen molar-refractivity contribution in [2.45, 2.75) is 24.8 Å². The first-order chi connectivity index (χ1) is 8.84. The van der Waals surface area contributed by atoms with Gasteiger partial charge in [-0.15, -0.1) is 0 Å². The molecule has 0 unspecified atom stereocenters. The molecule has 0 amide bonds. The molecule has 0 atom stereocenters. The largest absolute Gasteiger partial charge is 0.496 e. The van der Waals surface area contributed by atoms with Gasteiger partial charge in [0.05, 0.1) is 23.1 Å². The summed E-state index contributed by atoms with van der Waals surface area (Å²) in [5.41, 5.74) is 0. The van der Waals surface area contributed by atoms with Crippen LogP contribution in [-0.4, -0.2) is 44.1 Å². The number of benzene rings is 1. The summed E-state index contributed by atoms with van der Waals surface area (Å²) in [5, 5.41) is 9.00. The van der Waals surface area contributed by atoms with Crippen molar-refractivity contribution in [2.75, 3.05) is 20.3 Å². The number of halogens is 1. The maximum atomic E-state index is 12.5. The molecule has 0 aliphatic carbocycles. The fraction of sp³-hybridized carbons (Fsp3) is 0.500. The summed E-state index contributed by atoms with van der Waals surface area (Å²) in [4.78, 5) is 0.169. The van der Waals surface area contributed by atoms with Crippen molar-refractivity contribution < 1.29 is 18.3 Å². The van der Waals surface area contributed by atoms with Crippen LogP contribution in [0.25, 0.3) is 0 Å². The lowest BCUT2D eigenvalue weighted by Crippen LogP contribution is -2.38. The second-order valence-corrected chi connectivity index (χ2v) is 6.97. The number of rotatable bonds is 6. The molecule has 7 heteroatoms. The Morgan fingerprint density at radius 2 is 2.05 bits per heavy atom. The molecule has 1 aromatic carbocycles. The second-order valence-electron chi connectivity index (χ2n) is 4.23. The van der Waals surface area contributed by atoms with Crippen molar-refractivity contribution >= 4 is 26.0 Å². The van der Waals surface area contributed by atoms with Gasteiger partial charge in [0.25, 0.3) is 0 Å². The SMILES string of the molecule is COc1ccc(S(=O)(=O)N(CCO)C(C)C)cc1Br. The van der Waals surface area contributed by atoms with E-state index in [2.05, 4.69) is 15.9 Å². The summed E-state index contributed by atoms with van der Waals surface area (Å²) in [6, 6.07) is 4.36. The quantitative estimate of drug-likeness (QED) is 0.849. The van der Waals surface area contributed by atoms with E-state index in [0.717, 1.165) is 0 Å². The highest BCUT2D eigenvalue weighted by Gasteiger charge is 2.27. The van der Waals surface area contributed by atoms with E-state index in [1.165, 1.54) is 23.5 Å². The Balaban J connectivity index is 3.22. The average Bonchev–Trinajstić information content (AvgIpc) is 2.35. The highest BCUT2D eigenvalue weighted by molar-refractivity contribution is 9.10. The molecule has 0 saturated heterocycles. The average molecular weight is 352 g/mol. The van der Waals surface area contributed by atoms with Crippen LogP contribution < -0.4 is 4.74 Å². The molecule has 0 bridgehead atoms. The molecule has 19 heavy (non-hydrogen) atoms. The topological polar surface area (TPSA) is 66.8 Å². The zero-order valence-corrected chi connectivity index (χ0v) is 13.5. The molecule has 0 aromatic heterocycles. The molecule has 0 spiro atoms. The summed E-state index contributed by atoms with van der Waals surface area (Å²) in [5.74, 6) is 0.567. The highest BCUT2D eigenvalue weighted by Crippen LogP contribution is 2.29. The molecule has 1 rings (SSSR count). The van der Waals surface area contributed by atoms with Crippen molar-refractivity contribution in [3.8, 4) is 5.75 Å². The minimum atomic E-state index is -3.62. The van der Waals surface area contributed by atoms with Crippen LogP contribution in [-0.2, 0) is 10.0 Å². The molecule has 0 heterocycles. The highest BCUT2D eigenvalue weighted by atomic mass is 79.9. The first kappa shape index (κ1) is 16.4.